The Morgan fingerprint density at radius 3 is 2.48 bits per heavy atom. The van der Waals surface area contributed by atoms with Gasteiger partial charge in [-0.1, -0.05) is 49.6 Å². The third-order valence-electron chi connectivity index (χ3n) is 6.70. The number of aromatic nitrogens is 1. The number of carbonyl (C=O) groups excluding carboxylic acids is 1. The van der Waals surface area contributed by atoms with E-state index in [2.05, 4.69) is 40.6 Å². The topological polar surface area (TPSA) is 51.2 Å². The molecule has 4 rings (SSSR count). The summed E-state index contributed by atoms with van der Waals surface area (Å²) >= 11 is 0. The molecule has 0 atom stereocenters. The summed E-state index contributed by atoms with van der Waals surface area (Å²) in [6, 6.07) is 12.6. The van der Waals surface area contributed by atoms with E-state index in [0.717, 1.165) is 36.9 Å². The maximum absolute atomic E-state index is 13.3. The Balaban J connectivity index is 1.44. The lowest BCUT2D eigenvalue weighted by molar-refractivity contribution is -0.136. The van der Waals surface area contributed by atoms with Gasteiger partial charge in [0.1, 0.15) is 0 Å². The van der Waals surface area contributed by atoms with Gasteiger partial charge in [-0.05, 0) is 60.8 Å². The highest BCUT2D eigenvalue weighted by Crippen LogP contribution is 2.35. The molecule has 1 aromatic carbocycles. The Labute approximate surface area is 174 Å². The molecule has 1 aliphatic heterocycles. The van der Waals surface area contributed by atoms with Crippen molar-refractivity contribution in [2.75, 3.05) is 19.8 Å². The van der Waals surface area contributed by atoms with E-state index in [0.29, 0.717) is 19.1 Å². The predicted molar refractivity (Wildman–Crippen MR) is 115 cm³/mol. The van der Waals surface area contributed by atoms with Crippen LogP contribution in [0.3, 0.4) is 0 Å². The molecule has 2 aromatic rings. The molecule has 0 unspecified atom stereocenters. The van der Waals surface area contributed by atoms with Gasteiger partial charge in [0, 0.05) is 32.2 Å². The molecule has 0 radical (unpaired) electrons. The highest BCUT2D eigenvalue weighted by molar-refractivity contribution is 5.83. The van der Waals surface area contributed by atoms with E-state index in [-0.39, 0.29) is 11.3 Å². The number of rotatable bonds is 6. The molecule has 154 valence electrons. The maximum atomic E-state index is 13.3. The Morgan fingerprint density at radius 1 is 1.03 bits per heavy atom. The van der Waals surface area contributed by atoms with Crippen LogP contribution in [0.4, 0.5) is 0 Å². The van der Waals surface area contributed by atoms with Gasteiger partial charge in [0.15, 0.2) is 0 Å². The van der Waals surface area contributed by atoms with E-state index in [1.54, 1.807) is 6.20 Å². The smallest absolute Gasteiger partial charge is 0.226 e. The maximum Gasteiger partial charge on any atom is 0.226 e. The van der Waals surface area contributed by atoms with Crippen LogP contribution < -0.4 is 5.32 Å². The SMILES string of the molecule is O=C(NCC1CCCCC1)C1(Cc2ccc(-c3cccnc3)cc2)CCOCC1. The molecule has 29 heavy (non-hydrogen) atoms. The second-order valence-corrected chi connectivity index (χ2v) is 8.72. The number of benzene rings is 1. The third-order valence-corrected chi connectivity index (χ3v) is 6.70. The Hall–Kier alpha value is -2.20. The molecule has 0 spiro atoms. The Bertz CT molecular complexity index is 776. The van der Waals surface area contributed by atoms with Gasteiger partial charge in [0.25, 0.3) is 0 Å². The third kappa shape index (κ3) is 5.05. The first kappa shape index (κ1) is 20.1. The summed E-state index contributed by atoms with van der Waals surface area (Å²) in [5.41, 5.74) is 3.14. The minimum Gasteiger partial charge on any atom is -0.381 e. The summed E-state index contributed by atoms with van der Waals surface area (Å²) < 4.78 is 5.60. The molecule has 0 bridgehead atoms. The molecule has 1 aliphatic carbocycles. The molecule has 4 heteroatoms. The van der Waals surface area contributed by atoms with E-state index >= 15 is 0 Å². The molecule has 1 aromatic heterocycles. The summed E-state index contributed by atoms with van der Waals surface area (Å²) in [4.78, 5) is 17.5. The van der Waals surface area contributed by atoms with E-state index < -0.39 is 0 Å². The number of hydrogen-bond donors (Lipinski definition) is 1. The van der Waals surface area contributed by atoms with E-state index in [9.17, 15) is 4.79 Å². The quantitative estimate of drug-likeness (QED) is 0.769. The number of carbonyl (C=O) groups is 1. The average Bonchev–Trinajstić information content (AvgIpc) is 2.80. The minimum atomic E-state index is -0.345. The monoisotopic (exact) mass is 392 g/mol. The van der Waals surface area contributed by atoms with Crippen molar-refractivity contribution < 1.29 is 9.53 Å². The van der Waals surface area contributed by atoms with Crippen molar-refractivity contribution >= 4 is 5.91 Å². The van der Waals surface area contributed by atoms with Gasteiger partial charge in [0.05, 0.1) is 5.41 Å². The van der Waals surface area contributed by atoms with Gasteiger partial charge >= 0.3 is 0 Å². The van der Waals surface area contributed by atoms with Crippen LogP contribution in [0.25, 0.3) is 11.1 Å². The van der Waals surface area contributed by atoms with Crippen LogP contribution >= 0.6 is 0 Å². The molecule has 1 saturated carbocycles. The number of nitrogens with zero attached hydrogens (tertiary/aromatic N) is 1. The second-order valence-electron chi connectivity index (χ2n) is 8.72. The molecule has 2 heterocycles. The molecule has 1 saturated heterocycles. The van der Waals surface area contributed by atoms with Crippen LogP contribution in [0, 0.1) is 11.3 Å². The Morgan fingerprint density at radius 2 is 1.79 bits per heavy atom. The summed E-state index contributed by atoms with van der Waals surface area (Å²) in [6.07, 6.45) is 12.5. The van der Waals surface area contributed by atoms with E-state index in [1.807, 2.05) is 12.3 Å². The van der Waals surface area contributed by atoms with Crippen LogP contribution in [0.2, 0.25) is 0 Å². The summed E-state index contributed by atoms with van der Waals surface area (Å²) in [6.45, 7) is 2.18. The van der Waals surface area contributed by atoms with Gasteiger partial charge in [-0.3, -0.25) is 9.78 Å². The summed E-state index contributed by atoms with van der Waals surface area (Å²) in [5.74, 6) is 0.881. The standard InChI is InChI=1S/C25H32N2O2/c28-24(27-18-21-5-2-1-3-6-21)25(12-15-29-16-13-25)17-20-8-10-22(11-9-20)23-7-4-14-26-19-23/h4,7-11,14,19,21H,1-3,5-6,12-13,15-18H2,(H,27,28). The van der Waals surface area contributed by atoms with Crippen LogP contribution in [0.1, 0.15) is 50.5 Å². The fourth-order valence-corrected chi connectivity index (χ4v) is 4.80. The molecule has 1 N–H and O–H groups in total. The number of hydrogen-bond acceptors (Lipinski definition) is 3. The van der Waals surface area contributed by atoms with Crippen LogP contribution in [0.5, 0.6) is 0 Å². The fourth-order valence-electron chi connectivity index (χ4n) is 4.80. The zero-order chi connectivity index (χ0) is 19.9. The minimum absolute atomic E-state index is 0.225. The highest BCUT2D eigenvalue weighted by Gasteiger charge is 2.40. The average molecular weight is 393 g/mol. The first-order valence-corrected chi connectivity index (χ1v) is 11.1. The highest BCUT2D eigenvalue weighted by atomic mass is 16.5. The summed E-state index contributed by atoms with van der Waals surface area (Å²) in [5, 5.41) is 3.32. The number of ether oxygens (including phenoxy) is 1. The zero-order valence-electron chi connectivity index (χ0n) is 17.2. The van der Waals surface area contributed by atoms with Gasteiger partial charge in [-0.25, -0.2) is 0 Å². The van der Waals surface area contributed by atoms with E-state index in [4.69, 9.17) is 4.74 Å². The van der Waals surface area contributed by atoms with Crippen molar-refractivity contribution in [1.82, 2.24) is 10.3 Å². The zero-order valence-corrected chi connectivity index (χ0v) is 17.2. The lowest BCUT2D eigenvalue weighted by Gasteiger charge is -2.36. The van der Waals surface area contributed by atoms with Crippen molar-refractivity contribution in [1.29, 1.82) is 0 Å². The van der Waals surface area contributed by atoms with Crippen molar-refractivity contribution in [3.05, 3.63) is 54.4 Å². The molecule has 2 fully saturated rings. The fraction of sp³-hybridized carbons (Fsp3) is 0.520. The van der Waals surface area contributed by atoms with Gasteiger partial charge in [-0.15, -0.1) is 0 Å². The van der Waals surface area contributed by atoms with Crippen molar-refractivity contribution in [2.45, 2.75) is 51.4 Å². The number of amides is 1. The van der Waals surface area contributed by atoms with Crippen molar-refractivity contribution in [3.63, 3.8) is 0 Å². The molecule has 2 aliphatic rings. The van der Waals surface area contributed by atoms with Crippen LogP contribution in [-0.2, 0) is 16.0 Å². The Kier molecular flexibility index (Phi) is 6.60. The molecule has 1 amide bonds. The van der Waals surface area contributed by atoms with Crippen molar-refractivity contribution in [3.8, 4) is 11.1 Å². The number of pyridine rings is 1. The first-order valence-electron chi connectivity index (χ1n) is 11.1. The molecular formula is C25H32N2O2. The van der Waals surface area contributed by atoms with Gasteiger partial charge < -0.3 is 10.1 Å². The first-order chi connectivity index (χ1) is 14.3. The largest absolute Gasteiger partial charge is 0.381 e. The molecule has 4 nitrogen and oxygen atoms in total. The lowest BCUT2D eigenvalue weighted by Crippen LogP contribution is -2.47. The molecular weight excluding hydrogens is 360 g/mol. The van der Waals surface area contributed by atoms with Crippen molar-refractivity contribution in [2.24, 2.45) is 11.3 Å². The predicted octanol–water partition coefficient (Wildman–Crippen LogP) is 4.78. The lowest BCUT2D eigenvalue weighted by atomic mass is 9.74. The summed E-state index contributed by atoms with van der Waals surface area (Å²) in [7, 11) is 0. The van der Waals surface area contributed by atoms with Gasteiger partial charge in [-0.2, -0.15) is 0 Å². The van der Waals surface area contributed by atoms with E-state index in [1.165, 1.54) is 37.7 Å². The van der Waals surface area contributed by atoms with Crippen LogP contribution in [-0.4, -0.2) is 30.6 Å². The normalized spacial score (nSPS) is 19.6. The number of nitrogens with one attached hydrogen (secondary N) is 1. The van der Waals surface area contributed by atoms with Gasteiger partial charge in [0.2, 0.25) is 5.91 Å². The second kappa shape index (κ2) is 9.53. The van der Waals surface area contributed by atoms with Crippen LogP contribution in [0.15, 0.2) is 48.8 Å².